The fourth-order valence-corrected chi connectivity index (χ4v) is 3.05. The third-order valence-corrected chi connectivity index (χ3v) is 4.38. The van der Waals surface area contributed by atoms with Crippen LogP contribution in [0.25, 0.3) is 0 Å². The number of carbonyl (C=O) groups is 1. The summed E-state index contributed by atoms with van der Waals surface area (Å²) in [5.41, 5.74) is 4.50. The molecule has 0 aliphatic heterocycles. The molecule has 1 aromatic carbocycles. The van der Waals surface area contributed by atoms with E-state index in [1.165, 1.54) is 7.11 Å². The molecule has 6 heteroatoms. The van der Waals surface area contributed by atoms with Crippen LogP contribution in [0.15, 0.2) is 18.2 Å². The van der Waals surface area contributed by atoms with Gasteiger partial charge in [-0.2, -0.15) is 0 Å². The molecule has 1 atom stereocenters. The highest BCUT2D eigenvalue weighted by atomic mass is 16.5. The monoisotopic (exact) mass is 372 g/mol. The summed E-state index contributed by atoms with van der Waals surface area (Å²) in [7, 11) is 1.32. The van der Waals surface area contributed by atoms with E-state index in [9.17, 15) is 9.90 Å². The second kappa shape index (κ2) is 8.86. The van der Waals surface area contributed by atoms with Gasteiger partial charge in [-0.25, -0.2) is 9.78 Å². The van der Waals surface area contributed by atoms with Gasteiger partial charge in [0, 0.05) is 11.7 Å². The molecule has 1 heterocycles. The molecule has 0 bridgehead atoms. The largest absolute Gasteiger partial charge is 0.465 e. The number of rotatable bonds is 7. The van der Waals surface area contributed by atoms with Crippen molar-refractivity contribution in [3.8, 4) is 11.6 Å². The molecule has 0 saturated heterocycles. The molecule has 0 saturated carbocycles. The fraction of sp³-hybridized carbons (Fsp3) is 0.429. The Kier molecular flexibility index (Phi) is 6.80. The van der Waals surface area contributed by atoms with Crippen molar-refractivity contribution in [1.82, 2.24) is 4.98 Å². The summed E-state index contributed by atoms with van der Waals surface area (Å²) < 4.78 is 11.1. The van der Waals surface area contributed by atoms with E-state index in [2.05, 4.69) is 10.3 Å². The molecule has 1 aromatic heterocycles. The number of esters is 1. The third kappa shape index (κ3) is 4.77. The molecule has 0 fully saturated rings. The normalized spacial score (nSPS) is 11.8. The van der Waals surface area contributed by atoms with Gasteiger partial charge < -0.3 is 19.9 Å². The van der Waals surface area contributed by atoms with E-state index in [0.29, 0.717) is 23.6 Å². The highest BCUT2D eigenvalue weighted by Gasteiger charge is 2.24. The van der Waals surface area contributed by atoms with Crippen LogP contribution in [-0.4, -0.2) is 35.8 Å². The number of anilines is 1. The Hall–Kier alpha value is -2.60. The van der Waals surface area contributed by atoms with Gasteiger partial charge in [0.2, 0.25) is 5.88 Å². The van der Waals surface area contributed by atoms with Gasteiger partial charge in [-0.1, -0.05) is 24.6 Å². The first kappa shape index (κ1) is 20.7. The van der Waals surface area contributed by atoms with Gasteiger partial charge in [0.05, 0.1) is 19.4 Å². The minimum Gasteiger partial charge on any atom is -0.465 e. The number of ether oxygens (including phenoxy) is 2. The molecule has 0 aliphatic rings. The smallest absolute Gasteiger partial charge is 0.345 e. The van der Waals surface area contributed by atoms with Crippen molar-refractivity contribution in [3.63, 3.8) is 0 Å². The molecule has 2 aromatic rings. The van der Waals surface area contributed by atoms with E-state index in [0.717, 1.165) is 16.7 Å². The molecule has 0 spiro atoms. The van der Waals surface area contributed by atoms with E-state index in [1.54, 1.807) is 6.07 Å². The number of nitrogens with one attached hydrogen (secondary N) is 1. The molecule has 146 valence electrons. The number of aliphatic hydroxyl groups is 1. The van der Waals surface area contributed by atoms with Crippen molar-refractivity contribution in [3.05, 3.63) is 46.1 Å². The SMILES string of the molecule is CCC(CO)Nc1cc(C)nc(Oc2c(C)cc(C)cc2C)c1C(=O)OC. The van der Waals surface area contributed by atoms with Gasteiger partial charge >= 0.3 is 5.97 Å². The molecule has 2 N–H and O–H groups in total. The second-order valence-corrected chi connectivity index (χ2v) is 6.74. The Morgan fingerprint density at radius 1 is 1.19 bits per heavy atom. The molecule has 0 radical (unpaired) electrons. The van der Waals surface area contributed by atoms with Crippen LogP contribution >= 0.6 is 0 Å². The summed E-state index contributed by atoms with van der Waals surface area (Å²) in [6.45, 7) is 9.67. The quantitative estimate of drug-likeness (QED) is 0.713. The Labute approximate surface area is 160 Å². The Bertz CT molecular complexity index is 806. The average molecular weight is 372 g/mol. The lowest BCUT2D eigenvalue weighted by molar-refractivity contribution is 0.0598. The van der Waals surface area contributed by atoms with Crippen LogP contribution in [0.4, 0.5) is 5.69 Å². The Morgan fingerprint density at radius 2 is 1.81 bits per heavy atom. The topological polar surface area (TPSA) is 80.7 Å². The summed E-state index contributed by atoms with van der Waals surface area (Å²) in [5.74, 6) is 0.311. The number of benzene rings is 1. The van der Waals surface area contributed by atoms with Crippen molar-refractivity contribution in [1.29, 1.82) is 0 Å². The molecule has 0 aliphatic carbocycles. The van der Waals surface area contributed by atoms with Crippen molar-refractivity contribution >= 4 is 11.7 Å². The van der Waals surface area contributed by atoms with Gasteiger partial charge in [0.25, 0.3) is 0 Å². The van der Waals surface area contributed by atoms with Gasteiger partial charge in [-0.3, -0.25) is 0 Å². The highest BCUT2D eigenvalue weighted by molar-refractivity contribution is 5.98. The first-order valence-electron chi connectivity index (χ1n) is 9.03. The predicted octanol–water partition coefficient (Wildman–Crippen LogP) is 4.08. The van der Waals surface area contributed by atoms with Crippen molar-refractivity contribution < 1.29 is 19.4 Å². The lowest BCUT2D eigenvalue weighted by Gasteiger charge is -2.21. The first-order valence-corrected chi connectivity index (χ1v) is 9.03. The lowest BCUT2D eigenvalue weighted by atomic mass is 10.1. The Balaban J connectivity index is 2.58. The second-order valence-electron chi connectivity index (χ2n) is 6.74. The maximum absolute atomic E-state index is 12.5. The molecule has 6 nitrogen and oxygen atoms in total. The number of pyridine rings is 1. The maximum Gasteiger partial charge on any atom is 0.345 e. The number of aryl methyl sites for hydroxylation is 4. The molecular weight excluding hydrogens is 344 g/mol. The van der Waals surface area contributed by atoms with E-state index < -0.39 is 5.97 Å². The minimum absolute atomic E-state index is 0.0507. The maximum atomic E-state index is 12.5. The van der Waals surface area contributed by atoms with Gasteiger partial charge in [-0.05, 0) is 51.3 Å². The third-order valence-electron chi connectivity index (χ3n) is 4.38. The lowest BCUT2D eigenvalue weighted by Crippen LogP contribution is -2.24. The number of aliphatic hydroxyl groups excluding tert-OH is 1. The number of carbonyl (C=O) groups excluding carboxylic acids is 1. The van der Waals surface area contributed by atoms with Gasteiger partial charge in [0.15, 0.2) is 0 Å². The van der Waals surface area contributed by atoms with Crippen LogP contribution in [0.3, 0.4) is 0 Å². The van der Waals surface area contributed by atoms with Crippen LogP contribution in [0.1, 0.15) is 46.1 Å². The van der Waals surface area contributed by atoms with Crippen LogP contribution in [0, 0.1) is 27.7 Å². The number of hydrogen-bond donors (Lipinski definition) is 2. The summed E-state index contributed by atoms with van der Waals surface area (Å²) in [5, 5.41) is 12.7. The van der Waals surface area contributed by atoms with Crippen LogP contribution in [0.2, 0.25) is 0 Å². The molecule has 1 unspecified atom stereocenters. The first-order chi connectivity index (χ1) is 12.8. The molecular formula is C21H28N2O4. The minimum atomic E-state index is -0.546. The predicted molar refractivity (Wildman–Crippen MR) is 106 cm³/mol. The van der Waals surface area contributed by atoms with Crippen LogP contribution in [0.5, 0.6) is 11.6 Å². The number of nitrogens with zero attached hydrogens (tertiary/aromatic N) is 1. The number of aromatic nitrogens is 1. The number of methoxy groups -OCH3 is 1. The zero-order chi connectivity index (χ0) is 20.1. The van der Waals surface area contributed by atoms with Crippen molar-refractivity contribution in [2.45, 2.75) is 47.1 Å². The van der Waals surface area contributed by atoms with E-state index in [-0.39, 0.29) is 24.1 Å². The van der Waals surface area contributed by atoms with Gasteiger partial charge in [0.1, 0.15) is 11.3 Å². The van der Waals surface area contributed by atoms with Crippen molar-refractivity contribution in [2.24, 2.45) is 0 Å². The summed E-state index contributed by atoms with van der Waals surface area (Å²) >= 11 is 0. The van der Waals surface area contributed by atoms with E-state index in [4.69, 9.17) is 9.47 Å². The van der Waals surface area contributed by atoms with E-state index >= 15 is 0 Å². The van der Waals surface area contributed by atoms with E-state index in [1.807, 2.05) is 46.8 Å². The molecule has 2 rings (SSSR count). The van der Waals surface area contributed by atoms with Gasteiger partial charge in [-0.15, -0.1) is 0 Å². The number of hydrogen-bond acceptors (Lipinski definition) is 6. The summed E-state index contributed by atoms with van der Waals surface area (Å²) in [6.07, 6.45) is 0.699. The zero-order valence-corrected chi connectivity index (χ0v) is 16.8. The van der Waals surface area contributed by atoms with Crippen LogP contribution < -0.4 is 10.1 Å². The van der Waals surface area contributed by atoms with Crippen LogP contribution in [-0.2, 0) is 4.74 Å². The fourth-order valence-electron chi connectivity index (χ4n) is 3.05. The average Bonchev–Trinajstić information content (AvgIpc) is 2.61. The highest BCUT2D eigenvalue weighted by Crippen LogP contribution is 2.34. The zero-order valence-electron chi connectivity index (χ0n) is 16.8. The Morgan fingerprint density at radius 3 is 2.33 bits per heavy atom. The molecule has 27 heavy (non-hydrogen) atoms. The van der Waals surface area contributed by atoms with Crippen molar-refractivity contribution in [2.75, 3.05) is 19.0 Å². The standard InChI is InChI=1S/C21H28N2O4/c1-7-16(11-24)23-17-10-15(5)22-20(18(17)21(25)26-6)27-19-13(3)8-12(2)9-14(19)4/h8-10,16,24H,7,11H2,1-6H3,(H,22,23). The summed E-state index contributed by atoms with van der Waals surface area (Å²) in [6, 6.07) is 5.61. The summed E-state index contributed by atoms with van der Waals surface area (Å²) in [4.78, 5) is 16.9. The molecule has 0 amide bonds.